The molecule has 3 rings (SSSR count). The molecule has 1 aromatic heterocycles. The summed E-state index contributed by atoms with van der Waals surface area (Å²) in [4.78, 5) is 0. The van der Waals surface area contributed by atoms with Gasteiger partial charge in [0.25, 0.3) is 0 Å². The quantitative estimate of drug-likeness (QED) is 0.828. The highest BCUT2D eigenvalue weighted by Gasteiger charge is 2.28. The number of nitrogens with zero attached hydrogens (tertiary/aromatic N) is 3. The lowest BCUT2D eigenvalue weighted by Crippen LogP contribution is -2.28. The Morgan fingerprint density at radius 3 is 2.58 bits per heavy atom. The van der Waals surface area contributed by atoms with Crippen LogP contribution in [-0.4, -0.2) is 34.4 Å². The third kappa shape index (κ3) is 3.16. The number of rotatable bonds is 5. The van der Waals surface area contributed by atoms with Crippen molar-refractivity contribution in [2.75, 3.05) is 5.75 Å². The van der Waals surface area contributed by atoms with Crippen molar-refractivity contribution in [3.63, 3.8) is 0 Å². The summed E-state index contributed by atoms with van der Waals surface area (Å²) < 4.78 is 26.2. The summed E-state index contributed by atoms with van der Waals surface area (Å²) in [6.45, 7) is 0.443. The number of hydrogen-bond acceptors (Lipinski definition) is 4. The zero-order chi connectivity index (χ0) is 13.3. The molecule has 0 amide bonds. The second kappa shape index (κ2) is 5.23. The summed E-state index contributed by atoms with van der Waals surface area (Å²) in [6, 6.07) is 0. The zero-order valence-electron chi connectivity index (χ0n) is 11.2. The Morgan fingerprint density at radius 2 is 1.89 bits per heavy atom. The molecule has 19 heavy (non-hydrogen) atoms. The Labute approximate surface area is 114 Å². The summed E-state index contributed by atoms with van der Waals surface area (Å²) in [5.74, 6) is 0.772. The predicted molar refractivity (Wildman–Crippen MR) is 72.7 cm³/mol. The van der Waals surface area contributed by atoms with E-state index in [1.165, 1.54) is 19.3 Å². The first-order chi connectivity index (χ1) is 9.15. The van der Waals surface area contributed by atoms with Crippen LogP contribution in [0.3, 0.4) is 0 Å². The number of hydrogen-bond donors (Lipinski definition) is 0. The highest BCUT2D eigenvalue weighted by molar-refractivity contribution is 7.92. The predicted octanol–water partition coefficient (Wildman–Crippen LogP) is 1.90. The molecule has 2 aliphatic carbocycles. The first-order valence-electron chi connectivity index (χ1n) is 7.27. The average molecular weight is 283 g/mol. The molecule has 5 nitrogen and oxygen atoms in total. The largest absolute Gasteiger partial charge is 0.251 e. The van der Waals surface area contributed by atoms with E-state index >= 15 is 0 Å². The van der Waals surface area contributed by atoms with Crippen LogP contribution in [0.25, 0.3) is 0 Å². The molecule has 2 fully saturated rings. The minimum atomic E-state index is -2.97. The van der Waals surface area contributed by atoms with Crippen molar-refractivity contribution >= 4 is 9.84 Å². The van der Waals surface area contributed by atoms with Crippen LogP contribution in [0.5, 0.6) is 0 Å². The first kappa shape index (κ1) is 13.1. The molecule has 1 aromatic rings. The van der Waals surface area contributed by atoms with Crippen LogP contribution in [0.2, 0.25) is 0 Å². The van der Waals surface area contributed by atoms with Gasteiger partial charge in [-0.05, 0) is 25.7 Å². The molecule has 0 N–H and O–H groups in total. The van der Waals surface area contributed by atoms with E-state index in [0.29, 0.717) is 12.5 Å². The van der Waals surface area contributed by atoms with Crippen LogP contribution in [0.15, 0.2) is 6.20 Å². The molecule has 0 radical (unpaired) electrons. The van der Waals surface area contributed by atoms with Crippen molar-refractivity contribution in [2.24, 2.45) is 0 Å². The molecular weight excluding hydrogens is 262 g/mol. The fourth-order valence-corrected chi connectivity index (χ4v) is 4.63. The Morgan fingerprint density at radius 1 is 1.16 bits per heavy atom. The van der Waals surface area contributed by atoms with E-state index in [0.717, 1.165) is 31.4 Å². The van der Waals surface area contributed by atoms with Gasteiger partial charge in [-0.15, -0.1) is 5.10 Å². The second-order valence-corrected chi connectivity index (χ2v) is 8.21. The number of aryl methyl sites for hydroxylation is 1. The minimum absolute atomic E-state index is 0.118. The third-order valence-electron chi connectivity index (χ3n) is 4.22. The SMILES string of the molecule is O=S(=O)(CCn1cc(C2CC2)nn1)C1CCCCC1. The fraction of sp³-hybridized carbons (Fsp3) is 0.846. The summed E-state index contributed by atoms with van der Waals surface area (Å²) in [7, 11) is -2.97. The van der Waals surface area contributed by atoms with E-state index in [-0.39, 0.29) is 11.0 Å². The number of aromatic nitrogens is 3. The van der Waals surface area contributed by atoms with Gasteiger partial charge >= 0.3 is 0 Å². The Hall–Kier alpha value is -0.910. The van der Waals surface area contributed by atoms with Crippen LogP contribution in [-0.2, 0) is 16.4 Å². The van der Waals surface area contributed by atoms with Crippen LogP contribution in [0.4, 0.5) is 0 Å². The molecule has 0 atom stereocenters. The monoisotopic (exact) mass is 283 g/mol. The van der Waals surface area contributed by atoms with Crippen LogP contribution in [0.1, 0.15) is 56.6 Å². The summed E-state index contributed by atoms with van der Waals surface area (Å²) in [5.41, 5.74) is 1.02. The Kier molecular flexibility index (Phi) is 3.60. The highest BCUT2D eigenvalue weighted by atomic mass is 32.2. The van der Waals surface area contributed by atoms with E-state index in [4.69, 9.17) is 0 Å². The van der Waals surface area contributed by atoms with Crippen molar-refractivity contribution in [1.82, 2.24) is 15.0 Å². The van der Waals surface area contributed by atoms with Crippen molar-refractivity contribution in [3.8, 4) is 0 Å². The molecular formula is C13H21N3O2S. The highest BCUT2D eigenvalue weighted by Crippen LogP contribution is 2.38. The Bertz CT molecular complexity index is 528. The van der Waals surface area contributed by atoms with E-state index in [2.05, 4.69) is 10.3 Å². The van der Waals surface area contributed by atoms with Gasteiger partial charge in [-0.25, -0.2) is 8.42 Å². The molecule has 0 saturated heterocycles. The first-order valence-corrected chi connectivity index (χ1v) is 8.98. The van der Waals surface area contributed by atoms with E-state index in [9.17, 15) is 8.42 Å². The van der Waals surface area contributed by atoms with Gasteiger partial charge in [-0.1, -0.05) is 24.5 Å². The van der Waals surface area contributed by atoms with Gasteiger partial charge in [-0.3, -0.25) is 4.68 Å². The van der Waals surface area contributed by atoms with Crippen LogP contribution in [0, 0.1) is 0 Å². The maximum atomic E-state index is 12.3. The maximum Gasteiger partial charge on any atom is 0.154 e. The molecule has 106 valence electrons. The van der Waals surface area contributed by atoms with Crippen molar-refractivity contribution in [3.05, 3.63) is 11.9 Å². The van der Waals surface area contributed by atoms with Gasteiger partial charge in [0.2, 0.25) is 0 Å². The lowest BCUT2D eigenvalue weighted by Gasteiger charge is -2.21. The number of sulfone groups is 1. The third-order valence-corrected chi connectivity index (χ3v) is 6.46. The van der Waals surface area contributed by atoms with E-state index < -0.39 is 9.84 Å². The van der Waals surface area contributed by atoms with E-state index in [1.54, 1.807) is 4.68 Å². The molecule has 6 heteroatoms. The lowest BCUT2D eigenvalue weighted by atomic mass is 10.0. The Balaban J connectivity index is 1.57. The summed E-state index contributed by atoms with van der Waals surface area (Å²) in [6.07, 6.45) is 9.27. The van der Waals surface area contributed by atoms with Gasteiger partial charge < -0.3 is 0 Å². The van der Waals surface area contributed by atoms with E-state index in [1.807, 2.05) is 6.20 Å². The fourth-order valence-electron chi connectivity index (χ4n) is 2.80. The van der Waals surface area contributed by atoms with Crippen molar-refractivity contribution in [2.45, 2.75) is 62.7 Å². The minimum Gasteiger partial charge on any atom is -0.251 e. The molecule has 2 saturated carbocycles. The van der Waals surface area contributed by atoms with Crippen molar-refractivity contribution in [1.29, 1.82) is 0 Å². The summed E-state index contributed by atoms with van der Waals surface area (Å²) in [5, 5.41) is 8.02. The normalized spacial score (nSPS) is 21.7. The standard InChI is InChI=1S/C13H21N3O2S/c17-19(18,12-4-2-1-3-5-12)9-8-16-10-13(14-15-16)11-6-7-11/h10-12H,1-9H2. The van der Waals surface area contributed by atoms with Crippen LogP contribution < -0.4 is 0 Å². The molecule has 0 unspecified atom stereocenters. The zero-order valence-corrected chi connectivity index (χ0v) is 12.0. The van der Waals surface area contributed by atoms with Gasteiger partial charge in [0.1, 0.15) is 0 Å². The van der Waals surface area contributed by atoms with Crippen molar-refractivity contribution < 1.29 is 8.42 Å². The molecule has 0 aromatic carbocycles. The molecule has 1 heterocycles. The van der Waals surface area contributed by atoms with Crippen LogP contribution >= 0.6 is 0 Å². The van der Waals surface area contributed by atoms with Gasteiger partial charge in [0, 0.05) is 12.1 Å². The molecule has 2 aliphatic rings. The maximum absolute atomic E-state index is 12.3. The van der Waals surface area contributed by atoms with Gasteiger partial charge in [0.15, 0.2) is 9.84 Å². The lowest BCUT2D eigenvalue weighted by molar-refractivity contribution is 0.480. The molecule has 0 spiro atoms. The second-order valence-electron chi connectivity index (χ2n) is 5.81. The summed E-state index contributed by atoms with van der Waals surface area (Å²) >= 11 is 0. The smallest absolute Gasteiger partial charge is 0.154 e. The topological polar surface area (TPSA) is 64.8 Å². The molecule has 0 bridgehead atoms. The molecule has 0 aliphatic heterocycles. The van der Waals surface area contributed by atoms with Gasteiger partial charge in [-0.2, -0.15) is 0 Å². The van der Waals surface area contributed by atoms with Gasteiger partial charge in [0.05, 0.1) is 23.2 Å². The average Bonchev–Trinajstić information content (AvgIpc) is 3.17.